The average molecular weight is 433 g/mol. The number of amides is 3. The molecular formula is C20H25ClN6O3. The van der Waals surface area contributed by atoms with Crippen molar-refractivity contribution in [3.05, 3.63) is 34.9 Å². The summed E-state index contributed by atoms with van der Waals surface area (Å²) in [5.41, 5.74) is 1.51. The van der Waals surface area contributed by atoms with Crippen LogP contribution in [0.1, 0.15) is 26.3 Å². The molecule has 4 rings (SSSR count). The molecule has 3 aliphatic heterocycles. The zero-order valence-electron chi connectivity index (χ0n) is 17.4. The van der Waals surface area contributed by atoms with E-state index >= 15 is 0 Å². The van der Waals surface area contributed by atoms with Crippen LogP contribution in [-0.2, 0) is 16.1 Å². The number of halogens is 1. The third-order valence-electron chi connectivity index (χ3n) is 5.98. The molecule has 0 radical (unpaired) electrons. The maximum atomic E-state index is 13.5. The Kier molecular flexibility index (Phi) is 5.29. The number of hydrogen-bond acceptors (Lipinski definition) is 7. The van der Waals surface area contributed by atoms with Gasteiger partial charge in [-0.2, -0.15) is 5.10 Å². The number of nitrogens with one attached hydrogen (secondary N) is 1. The van der Waals surface area contributed by atoms with Crippen LogP contribution in [-0.4, -0.2) is 81.3 Å². The molecule has 0 aromatic heterocycles. The predicted octanol–water partition coefficient (Wildman–Crippen LogP) is 1.29. The number of nitrogens with zero attached hydrogens (tertiary/aromatic N) is 5. The normalized spacial score (nSPS) is 29.1. The number of carbonyl (C=O) groups is 3. The Morgan fingerprint density at radius 3 is 2.63 bits per heavy atom. The number of likely N-dealkylation sites (N-methyl/N-ethyl adjacent to an activating group) is 1. The first-order chi connectivity index (χ1) is 14.2. The van der Waals surface area contributed by atoms with Crippen LogP contribution in [0.2, 0.25) is 5.02 Å². The van der Waals surface area contributed by atoms with Crippen molar-refractivity contribution in [1.82, 2.24) is 25.0 Å². The third-order valence-corrected chi connectivity index (χ3v) is 6.35. The first kappa shape index (κ1) is 20.8. The molecule has 0 aliphatic carbocycles. The Morgan fingerprint density at radius 1 is 1.27 bits per heavy atom. The number of hydrazone groups is 1. The van der Waals surface area contributed by atoms with Gasteiger partial charge >= 0.3 is 6.03 Å². The van der Waals surface area contributed by atoms with E-state index in [9.17, 15) is 14.4 Å². The summed E-state index contributed by atoms with van der Waals surface area (Å²) in [5.74, 6) is -0.323. The van der Waals surface area contributed by atoms with Gasteiger partial charge in [0.1, 0.15) is 12.2 Å². The number of rotatable bonds is 4. The highest BCUT2D eigenvalue weighted by Gasteiger charge is 2.58. The van der Waals surface area contributed by atoms with E-state index in [2.05, 4.69) is 10.4 Å². The number of carbonyl (C=O) groups excluding carboxylic acids is 3. The molecule has 0 spiro atoms. The molecule has 0 bridgehead atoms. The maximum absolute atomic E-state index is 13.5. The van der Waals surface area contributed by atoms with Crippen LogP contribution >= 0.6 is 11.6 Å². The number of benzene rings is 1. The zero-order valence-corrected chi connectivity index (χ0v) is 18.1. The highest BCUT2D eigenvalue weighted by Crippen LogP contribution is 2.33. The highest BCUT2D eigenvalue weighted by atomic mass is 35.5. The molecule has 4 atom stereocenters. The Balaban J connectivity index is 1.68. The lowest BCUT2D eigenvalue weighted by Crippen LogP contribution is -2.67. The molecule has 3 heterocycles. The third kappa shape index (κ3) is 3.27. The summed E-state index contributed by atoms with van der Waals surface area (Å²) in [6, 6.07) is 6.05. The first-order valence-corrected chi connectivity index (χ1v) is 10.2. The van der Waals surface area contributed by atoms with Crippen molar-refractivity contribution in [3.8, 4) is 0 Å². The largest absolute Gasteiger partial charge is 0.328 e. The van der Waals surface area contributed by atoms with Crippen molar-refractivity contribution in [2.75, 3.05) is 13.6 Å². The molecule has 3 aliphatic rings. The van der Waals surface area contributed by atoms with E-state index in [1.807, 2.05) is 24.8 Å². The molecule has 2 fully saturated rings. The van der Waals surface area contributed by atoms with E-state index in [0.29, 0.717) is 10.6 Å². The van der Waals surface area contributed by atoms with Gasteiger partial charge < -0.3 is 4.90 Å². The van der Waals surface area contributed by atoms with Crippen LogP contribution in [0.15, 0.2) is 29.4 Å². The number of urea groups is 1. The van der Waals surface area contributed by atoms with Crippen LogP contribution in [0.5, 0.6) is 0 Å². The van der Waals surface area contributed by atoms with Crippen molar-refractivity contribution in [3.63, 3.8) is 0 Å². The second kappa shape index (κ2) is 7.64. The van der Waals surface area contributed by atoms with Gasteiger partial charge in [-0.3, -0.25) is 24.8 Å². The fraction of sp³-hybridized carbons (Fsp3) is 0.500. The summed E-state index contributed by atoms with van der Waals surface area (Å²) < 4.78 is 0. The molecule has 10 heteroatoms. The van der Waals surface area contributed by atoms with E-state index in [4.69, 9.17) is 11.6 Å². The molecule has 1 aromatic rings. The summed E-state index contributed by atoms with van der Waals surface area (Å²) in [4.78, 5) is 43.1. The summed E-state index contributed by atoms with van der Waals surface area (Å²) in [7, 11) is 1.67. The SMILES string of the molecule is CC(=O)CN1N=C(C)C(C)N2C3C(=O)N(Cc4ccccc4Cl)C(=O)N(C)C3NC12. The lowest BCUT2D eigenvalue weighted by molar-refractivity contribution is -0.140. The van der Waals surface area contributed by atoms with Crippen molar-refractivity contribution in [2.24, 2.45) is 5.10 Å². The minimum absolute atomic E-state index is 0.0335. The van der Waals surface area contributed by atoms with Gasteiger partial charge in [-0.1, -0.05) is 29.8 Å². The number of hydrogen-bond donors (Lipinski definition) is 1. The quantitative estimate of drug-likeness (QED) is 0.771. The molecule has 4 unspecified atom stereocenters. The molecular weight excluding hydrogens is 408 g/mol. The van der Waals surface area contributed by atoms with Gasteiger partial charge in [0.15, 0.2) is 12.1 Å². The number of fused-ring (bicyclic) bond motifs is 3. The van der Waals surface area contributed by atoms with Gasteiger partial charge in [0.25, 0.3) is 5.91 Å². The Morgan fingerprint density at radius 2 is 1.97 bits per heavy atom. The molecule has 1 aromatic carbocycles. The molecule has 3 amide bonds. The molecule has 2 saturated heterocycles. The number of ketones is 1. The summed E-state index contributed by atoms with van der Waals surface area (Å²) in [5, 5.41) is 10.0. The van der Waals surface area contributed by atoms with Gasteiger partial charge in [-0.15, -0.1) is 0 Å². The van der Waals surface area contributed by atoms with Crippen LogP contribution in [0, 0.1) is 0 Å². The van der Waals surface area contributed by atoms with Gasteiger partial charge in [0.05, 0.1) is 24.8 Å². The van der Waals surface area contributed by atoms with Gasteiger partial charge in [-0.05, 0) is 32.4 Å². The van der Waals surface area contributed by atoms with Crippen LogP contribution < -0.4 is 5.32 Å². The fourth-order valence-electron chi connectivity index (χ4n) is 4.34. The second-order valence-corrected chi connectivity index (χ2v) is 8.41. The summed E-state index contributed by atoms with van der Waals surface area (Å²) in [6.07, 6.45) is -0.974. The lowest BCUT2D eigenvalue weighted by Gasteiger charge is -2.44. The second-order valence-electron chi connectivity index (χ2n) is 8.00. The molecule has 0 saturated carbocycles. The van der Waals surface area contributed by atoms with Gasteiger partial charge in [0.2, 0.25) is 0 Å². The number of Topliss-reactive ketones (excluding diaryl/α,β-unsaturated/α-hetero) is 1. The fourth-order valence-corrected chi connectivity index (χ4v) is 4.53. The van der Waals surface area contributed by atoms with Gasteiger partial charge in [-0.25, -0.2) is 9.69 Å². The van der Waals surface area contributed by atoms with Gasteiger partial charge in [0, 0.05) is 12.1 Å². The molecule has 1 N–H and O–H groups in total. The van der Waals surface area contributed by atoms with E-state index in [1.165, 1.54) is 16.7 Å². The molecule has 30 heavy (non-hydrogen) atoms. The Hall–Kier alpha value is -2.49. The van der Waals surface area contributed by atoms with Crippen molar-refractivity contribution in [1.29, 1.82) is 0 Å². The highest BCUT2D eigenvalue weighted by molar-refractivity contribution is 6.31. The topological polar surface area (TPSA) is 88.6 Å². The smallest absolute Gasteiger partial charge is 0.310 e. The predicted molar refractivity (Wildman–Crippen MR) is 111 cm³/mol. The van der Waals surface area contributed by atoms with E-state index < -0.39 is 24.5 Å². The minimum atomic E-state index is -0.602. The zero-order chi connectivity index (χ0) is 21.7. The standard InChI is InChI=1S/C20H25ClN6O3/c1-11(28)9-26-19-22-17-16(27(19)13(3)12(2)23-26)18(29)25(20(30)24(17)4)10-14-7-5-6-8-15(14)21/h5-8,13,16-17,19,22H,9-10H2,1-4H3. The van der Waals surface area contributed by atoms with E-state index in [1.54, 1.807) is 30.3 Å². The summed E-state index contributed by atoms with van der Waals surface area (Å²) >= 11 is 6.27. The minimum Gasteiger partial charge on any atom is -0.310 e. The monoisotopic (exact) mass is 432 g/mol. The van der Waals surface area contributed by atoms with E-state index in [0.717, 1.165) is 5.71 Å². The molecule has 160 valence electrons. The van der Waals surface area contributed by atoms with Crippen LogP contribution in [0.4, 0.5) is 4.79 Å². The number of imide groups is 1. The first-order valence-electron chi connectivity index (χ1n) is 9.87. The average Bonchev–Trinajstić information content (AvgIpc) is 3.10. The van der Waals surface area contributed by atoms with Crippen molar-refractivity contribution < 1.29 is 14.4 Å². The maximum Gasteiger partial charge on any atom is 0.328 e. The Labute approximate surface area is 180 Å². The lowest BCUT2D eigenvalue weighted by atomic mass is 10.0. The molecule has 9 nitrogen and oxygen atoms in total. The van der Waals surface area contributed by atoms with E-state index in [-0.39, 0.29) is 30.8 Å². The summed E-state index contributed by atoms with van der Waals surface area (Å²) in [6.45, 7) is 5.57. The van der Waals surface area contributed by atoms with Crippen LogP contribution in [0.3, 0.4) is 0 Å². The van der Waals surface area contributed by atoms with Crippen molar-refractivity contribution in [2.45, 2.75) is 51.9 Å². The van der Waals surface area contributed by atoms with Crippen LogP contribution in [0.25, 0.3) is 0 Å². The van der Waals surface area contributed by atoms with Crippen molar-refractivity contribution >= 4 is 35.0 Å². The Bertz CT molecular complexity index is 937.